The number of carboxylic acids is 1. The van der Waals surface area contributed by atoms with Crippen molar-refractivity contribution in [2.45, 2.75) is 32.9 Å². The SMILES string of the molecule is CCC(C)N1CCN(Cc2ccc(C(=O)O)s2)CC1. The molecule has 1 aromatic rings. The van der Waals surface area contributed by atoms with Crippen molar-refractivity contribution < 1.29 is 9.90 Å². The first-order chi connectivity index (χ1) is 9.10. The summed E-state index contributed by atoms with van der Waals surface area (Å²) in [7, 11) is 0. The molecule has 1 N–H and O–H groups in total. The Kier molecular flexibility index (Phi) is 4.96. The summed E-state index contributed by atoms with van der Waals surface area (Å²) < 4.78 is 0. The molecule has 1 saturated heterocycles. The summed E-state index contributed by atoms with van der Waals surface area (Å²) in [5.41, 5.74) is 0. The fraction of sp³-hybridized carbons (Fsp3) is 0.643. The standard InChI is InChI=1S/C14H22N2O2S/c1-3-11(2)16-8-6-15(7-9-16)10-12-4-5-13(19-12)14(17)18/h4-5,11H,3,6-10H2,1-2H3,(H,17,18). The van der Waals surface area contributed by atoms with Crippen molar-refractivity contribution in [1.82, 2.24) is 9.80 Å². The van der Waals surface area contributed by atoms with Gasteiger partial charge in [-0.3, -0.25) is 9.80 Å². The monoisotopic (exact) mass is 282 g/mol. The van der Waals surface area contributed by atoms with Gasteiger partial charge in [0.15, 0.2) is 0 Å². The Bertz CT molecular complexity index is 425. The zero-order valence-corrected chi connectivity index (χ0v) is 12.4. The van der Waals surface area contributed by atoms with Crippen LogP contribution >= 0.6 is 11.3 Å². The molecule has 1 fully saturated rings. The first kappa shape index (κ1) is 14.5. The number of hydrogen-bond donors (Lipinski definition) is 1. The molecule has 0 radical (unpaired) electrons. The number of thiophene rings is 1. The topological polar surface area (TPSA) is 43.8 Å². The number of carboxylic acid groups (broad SMARTS) is 1. The van der Waals surface area contributed by atoms with Gasteiger partial charge in [-0.05, 0) is 25.5 Å². The predicted octanol–water partition coefficient (Wildman–Crippen LogP) is 2.36. The highest BCUT2D eigenvalue weighted by Gasteiger charge is 2.20. The Balaban J connectivity index is 1.83. The van der Waals surface area contributed by atoms with Crippen LogP contribution in [0.3, 0.4) is 0 Å². The van der Waals surface area contributed by atoms with E-state index in [9.17, 15) is 4.79 Å². The molecular formula is C14H22N2O2S. The van der Waals surface area contributed by atoms with Gasteiger partial charge in [-0.15, -0.1) is 11.3 Å². The predicted molar refractivity (Wildman–Crippen MR) is 77.9 cm³/mol. The van der Waals surface area contributed by atoms with Gasteiger partial charge < -0.3 is 5.11 Å². The molecule has 0 spiro atoms. The lowest BCUT2D eigenvalue weighted by atomic mass is 10.2. The summed E-state index contributed by atoms with van der Waals surface area (Å²) in [4.78, 5) is 17.4. The van der Waals surface area contributed by atoms with Crippen molar-refractivity contribution in [2.75, 3.05) is 26.2 Å². The number of hydrogen-bond acceptors (Lipinski definition) is 4. The minimum absolute atomic E-state index is 0.438. The molecule has 1 atom stereocenters. The molecule has 1 aliphatic heterocycles. The largest absolute Gasteiger partial charge is 0.477 e. The summed E-state index contributed by atoms with van der Waals surface area (Å²) in [6, 6.07) is 4.31. The maximum absolute atomic E-state index is 10.8. The highest BCUT2D eigenvalue weighted by molar-refractivity contribution is 7.13. The Labute approximate surface area is 118 Å². The lowest BCUT2D eigenvalue weighted by Gasteiger charge is -2.37. The lowest BCUT2D eigenvalue weighted by Crippen LogP contribution is -2.48. The molecule has 2 rings (SSSR count). The van der Waals surface area contributed by atoms with Gasteiger partial charge in [-0.2, -0.15) is 0 Å². The van der Waals surface area contributed by atoms with Crippen LogP contribution in [0.2, 0.25) is 0 Å². The van der Waals surface area contributed by atoms with Crippen LogP contribution in [-0.2, 0) is 6.54 Å². The molecule has 0 aromatic carbocycles. The number of piperazine rings is 1. The molecule has 0 bridgehead atoms. The molecule has 5 heteroatoms. The minimum atomic E-state index is -0.821. The fourth-order valence-corrected chi connectivity index (χ4v) is 3.31. The zero-order chi connectivity index (χ0) is 13.8. The quantitative estimate of drug-likeness (QED) is 0.900. The van der Waals surface area contributed by atoms with Crippen LogP contribution in [0.25, 0.3) is 0 Å². The van der Waals surface area contributed by atoms with E-state index in [1.807, 2.05) is 6.07 Å². The van der Waals surface area contributed by atoms with Gasteiger partial charge in [0, 0.05) is 43.6 Å². The fourth-order valence-electron chi connectivity index (χ4n) is 2.42. The van der Waals surface area contributed by atoms with Crippen LogP contribution in [0.5, 0.6) is 0 Å². The third-order valence-corrected chi connectivity index (χ3v) is 4.93. The van der Waals surface area contributed by atoms with E-state index in [-0.39, 0.29) is 0 Å². The number of carbonyl (C=O) groups is 1. The average molecular weight is 282 g/mol. The van der Waals surface area contributed by atoms with E-state index in [2.05, 4.69) is 23.6 Å². The van der Waals surface area contributed by atoms with Crippen LogP contribution in [0, 0.1) is 0 Å². The molecular weight excluding hydrogens is 260 g/mol. The van der Waals surface area contributed by atoms with Gasteiger partial charge in [0.2, 0.25) is 0 Å². The summed E-state index contributed by atoms with van der Waals surface area (Å²) >= 11 is 1.39. The molecule has 0 amide bonds. The summed E-state index contributed by atoms with van der Waals surface area (Å²) in [5, 5.41) is 8.92. The molecule has 0 saturated carbocycles. The van der Waals surface area contributed by atoms with Crippen molar-refractivity contribution >= 4 is 17.3 Å². The van der Waals surface area contributed by atoms with Crippen molar-refractivity contribution in [3.8, 4) is 0 Å². The highest BCUT2D eigenvalue weighted by Crippen LogP contribution is 2.19. The van der Waals surface area contributed by atoms with Crippen LogP contribution in [0.1, 0.15) is 34.8 Å². The first-order valence-corrected chi connectivity index (χ1v) is 7.70. The van der Waals surface area contributed by atoms with Gasteiger partial charge in [0.05, 0.1) is 0 Å². The third kappa shape index (κ3) is 3.78. The van der Waals surface area contributed by atoms with Crippen LogP contribution in [0.15, 0.2) is 12.1 Å². The number of aromatic carboxylic acids is 1. The lowest BCUT2D eigenvalue weighted by molar-refractivity contribution is 0.0702. The summed E-state index contributed by atoms with van der Waals surface area (Å²) in [5.74, 6) is -0.821. The van der Waals surface area contributed by atoms with Gasteiger partial charge in [-0.25, -0.2) is 4.79 Å². The maximum Gasteiger partial charge on any atom is 0.345 e. The second kappa shape index (κ2) is 6.50. The normalized spacial score (nSPS) is 19.5. The first-order valence-electron chi connectivity index (χ1n) is 6.88. The molecule has 106 valence electrons. The van der Waals surface area contributed by atoms with E-state index in [0.29, 0.717) is 10.9 Å². The molecule has 19 heavy (non-hydrogen) atoms. The highest BCUT2D eigenvalue weighted by atomic mass is 32.1. The van der Waals surface area contributed by atoms with E-state index in [4.69, 9.17) is 5.11 Å². The Hall–Kier alpha value is -0.910. The van der Waals surface area contributed by atoms with E-state index in [1.54, 1.807) is 6.07 Å². The third-order valence-electron chi connectivity index (χ3n) is 3.87. The second-order valence-corrected chi connectivity index (χ2v) is 6.31. The molecule has 1 aliphatic rings. The van der Waals surface area contributed by atoms with Gasteiger partial charge in [-0.1, -0.05) is 6.92 Å². The second-order valence-electron chi connectivity index (χ2n) is 5.14. The molecule has 1 unspecified atom stereocenters. The summed E-state index contributed by atoms with van der Waals surface area (Å²) in [6.07, 6.45) is 1.20. The van der Waals surface area contributed by atoms with Gasteiger partial charge >= 0.3 is 5.97 Å². The van der Waals surface area contributed by atoms with E-state index >= 15 is 0 Å². The van der Waals surface area contributed by atoms with Crippen molar-refractivity contribution in [3.63, 3.8) is 0 Å². The van der Waals surface area contributed by atoms with Gasteiger partial charge in [0.25, 0.3) is 0 Å². The van der Waals surface area contributed by atoms with Crippen LogP contribution in [-0.4, -0.2) is 53.1 Å². The molecule has 2 heterocycles. The smallest absolute Gasteiger partial charge is 0.345 e. The zero-order valence-electron chi connectivity index (χ0n) is 11.6. The Morgan fingerprint density at radius 3 is 2.58 bits per heavy atom. The molecule has 0 aliphatic carbocycles. The minimum Gasteiger partial charge on any atom is -0.477 e. The van der Waals surface area contributed by atoms with Crippen molar-refractivity contribution in [3.05, 3.63) is 21.9 Å². The van der Waals surface area contributed by atoms with Crippen molar-refractivity contribution in [2.24, 2.45) is 0 Å². The van der Waals surface area contributed by atoms with Crippen LogP contribution in [0.4, 0.5) is 0 Å². The summed E-state index contributed by atoms with van der Waals surface area (Å²) in [6.45, 7) is 9.78. The maximum atomic E-state index is 10.8. The molecule has 4 nitrogen and oxygen atoms in total. The Morgan fingerprint density at radius 2 is 2.05 bits per heavy atom. The number of rotatable bonds is 5. The Morgan fingerprint density at radius 1 is 1.37 bits per heavy atom. The average Bonchev–Trinajstić information content (AvgIpc) is 2.87. The van der Waals surface area contributed by atoms with Crippen molar-refractivity contribution in [1.29, 1.82) is 0 Å². The van der Waals surface area contributed by atoms with E-state index < -0.39 is 5.97 Å². The van der Waals surface area contributed by atoms with Crippen LogP contribution < -0.4 is 0 Å². The van der Waals surface area contributed by atoms with E-state index in [1.165, 1.54) is 17.8 Å². The number of nitrogens with zero attached hydrogens (tertiary/aromatic N) is 2. The van der Waals surface area contributed by atoms with E-state index in [0.717, 1.165) is 37.6 Å². The molecule has 1 aromatic heterocycles. The van der Waals surface area contributed by atoms with Gasteiger partial charge in [0.1, 0.15) is 4.88 Å².